The van der Waals surface area contributed by atoms with Gasteiger partial charge in [0.15, 0.2) is 0 Å². The smallest absolute Gasteiger partial charge is 0.225 e. The molecule has 0 atom stereocenters. The topological polar surface area (TPSA) is 81.6 Å². The van der Waals surface area contributed by atoms with E-state index >= 15 is 0 Å². The normalized spacial score (nSPS) is 9.89. The van der Waals surface area contributed by atoms with E-state index in [-0.39, 0.29) is 5.91 Å². The van der Waals surface area contributed by atoms with Gasteiger partial charge in [0.25, 0.3) is 0 Å². The molecule has 2 aromatic rings. The van der Waals surface area contributed by atoms with Crippen LogP contribution < -0.4 is 5.32 Å². The molecule has 0 saturated heterocycles. The molecule has 2 rings (SSSR count). The third kappa shape index (κ3) is 3.19. The van der Waals surface area contributed by atoms with Crippen LogP contribution in [0, 0.1) is 18.3 Å². The second kappa shape index (κ2) is 5.83. The van der Waals surface area contributed by atoms with Crippen LogP contribution in [0.15, 0.2) is 30.5 Å². The zero-order valence-corrected chi connectivity index (χ0v) is 10.6. The molecule has 96 valence electrons. The summed E-state index contributed by atoms with van der Waals surface area (Å²) in [5.74, 6) is 0.223. The van der Waals surface area contributed by atoms with Crippen LogP contribution in [0.2, 0.25) is 0 Å². The maximum Gasteiger partial charge on any atom is 0.225 e. The minimum atomic E-state index is -0.135. The van der Waals surface area contributed by atoms with Gasteiger partial charge in [0, 0.05) is 6.42 Å². The molecule has 19 heavy (non-hydrogen) atoms. The molecule has 0 aliphatic heterocycles. The van der Waals surface area contributed by atoms with Crippen LogP contribution in [0.25, 0.3) is 0 Å². The fourth-order valence-corrected chi connectivity index (χ4v) is 1.81. The lowest BCUT2D eigenvalue weighted by atomic mass is 10.0. The fraction of sp³-hybridized carbons (Fsp3) is 0.214. The van der Waals surface area contributed by atoms with Crippen molar-refractivity contribution in [3.63, 3.8) is 0 Å². The molecule has 1 heterocycles. The van der Waals surface area contributed by atoms with Crippen LogP contribution in [-0.4, -0.2) is 16.1 Å². The molecule has 0 aliphatic rings. The van der Waals surface area contributed by atoms with Crippen molar-refractivity contribution in [2.24, 2.45) is 0 Å². The maximum absolute atomic E-state index is 11.8. The van der Waals surface area contributed by atoms with Crippen LogP contribution in [0.1, 0.15) is 23.1 Å². The fourth-order valence-electron chi connectivity index (χ4n) is 1.81. The van der Waals surface area contributed by atoms with E-state index in [1.165, 1.54) is 11.8 Å². The first-order valence-corrected chi connectivity index (χ1v) is 5.98. The van der Waals surface area contributed by atoms with Crippen molar-refractivity contribution in [1.29, 1.82) is 5.26 Å². The first kappa shape index (κ1) is 12.8. The first-order chi connectivity index (χ1) is 9.20. The van der Waals surface area contributed by atoms with E-state index in [1.54, 1.807) is 0 Å². The average Bonchev–Trinajstić information content (AvgIpc) is 2.85. The van der Waals surface area contributed by atoms with Gasteiger partial charge in [-0.3, -0.25) is 9.89 Å². The van der Waals surface area contributed by atoms with Gasteiger partial charge >= 0.3 is 0 Å². The molecular formula is C14H14N4O. The zero-order valence-electron chi connectivity index (χ0n) is 10.6. The lowest BCUT2D eigenvalue weighted by Crippen LogP contribution is -2.13. The number of amides is 1. The molecule has 1 aromatic heterocycles. The number of anilines is 1. The van der Waals surface area contributed by atoms with E-state index in [1.807, 2.05) is 37.3 Å². The van der Waals surface area contributed by atoms with E-state index < -0.39 is 0 Å². The summed E-state index contributed by atoms with van der Waals surface area (Å²) in [5, 5.41) is 17.8. The van der Waals surface area contributed by atoms with Gasteiger partial charge in [0.1, 0.15) is 17.5 Å². The minimum absolute atomic E-state index is 0.135. The van der Waals surface area contributed by atoms with Crippen LogP contribution in [-0.2, 0) is 11.2 Å². The summed E-state index contributed by atoms with van der Waals surface area (Å²) >= 11 is 0. The summed E-state index contributed by atoms with van der Waals surface area (Å²) in [4.78, 5) is 11.8. The van der Waals surface area contributed by atoms with Gasteiger partial charge in [-0.25, -0.2) is 0 Å². The monoisotopic (exact) mass is 254 g/mol. The molecule has 5 heteroatoms. The quantitative estimate of drug-likeness (QED) is 0.877. The summed E-state index contributed by atoms with van der Waals surface area (Å²) in [5.41, 5.74) is 2.67. The highest BCUT2D eigenvalue weighted by Crippen LogP contribution is 2.12. The number of aromatic nitrogens is 2. The summed E-state index contributed by atoms with van der Waals surface area (Å²) in [6, 6.07) is 9.93. The van der Waals surface area contributed by atoms with E-state index in [4.69, 9.17) is 5.26 Å². The summed E-state index contributed by atoms with van der Waals surface area (Å²) in [7, 11) is 0. The SMILES string of the molecule is Cc1ccccc1CCC(=O)Nc1[nH]ncc1C#N. The number of aryl methyl sites for hydroxylation is 2. The molecule has 2 N–H and O–H groups in total. The molecule has 5 nitrogen and oxygen atoms in total. The van der Waals surface area contributed by atoms with E-state index in [9.17, 15) is 4.79 Å². The van der Waals surface area contributed by atoms with Crippen molar-refractivity contribution in [3.05, 3.63) is 47.2 Å². The van der Waals surface area contributed by atoms with Gasteiger partial charge in [-0.1, -0.05) is 24.3 Å². The van der Waals surface area contributed by atoms with Crippen LogP contribution in [0.5, 0.6) is 0 Å². The van der Waals surface area contributed by atoms with Crippen molar-refractivity contribution >= 4 is 11.7 Å². The number of H-pyrrole nitrogens is 1. The molecule has 0 saturated carbocycles. The molecule has 1 amide bonds. The zero-order chi connectivity index (χ0) is 13.7. The van der Waals surface area contributed by atoms with Crippen LogP contribution in [0.4, 0.5) is 5.82 Å². The second-order valence-corrected chi connectivity index (χ2v) is 4.25. The Morgan fingerprint density at radius 2 is 2.26 bits per heavy atom. The molecule has 1 aromatic carbocycles. The Kier molecular flexibility index (Phi) is 3.94. The third-order valence-electron chi connectivity index (χ3n) is 2.91. The second-order valence-electron chi connectivity index (χ2n) is 4.25. The van der Waals surface area contributed by atoms with Gasteiger partial charge < -0.3 is 5.32 Å². The van der Waals surface area contributed by atoms with Gasteiger partial charge in [-0.2, -0.15) is 10.4 Å². The summed E-state index contributed by atoms with van der Waals surface area (Å²) in [6.45, 7) is 2.02. The van der Waals surface area contributed by atoms with Gasteiger partial charge in [0.05, 0.1) is 6.20 Å². The predicted molar refractivity (Wildman–Crippen MR) is 71.4 cm³/mol. The van der Waals surface area contributed by atoms with Crippen molar-refractivity contribution in [2.75, 3.05) is 5.32 Å². The van der Waals surface area contributed by atoms with Gasteiger partial charge in [-0.05, 0) is 24.5 Å². The van der Waals surface area contributed by atoms with Crippen LogP contribution >= 0.6 is 0 Å². The summed E-state index contributed by atoms with van der Waals surface area (Å²) in [6.07, 6.45) is 2.43. The number of carbonyl (C=O) groups excluding carboxylic acids is 1. The molecule has 0 spiro atoms. The molecule has 0 fully saturated rings. The van der Waals surface area contributed by atoms with E-state index in [0.29, 0.717) is 24.2 Å². The largest absolute Gasteiger partial charge is 0.310 e. The van der Waals surface area contributed by atoms with Crippen molar-refractivity contribution in [3.8, 4) is 6.07 Å². The van der Waals surface area contributed by atoms with Crippen molar-refractivity contribution in [2.45, 2.75) is 19.8 Å². The molecule has 0 aliphatic carbocycles. The van der Waals surface area contributed by atoms with Crippen molar-refractivity contribution < 1.29 is 4.79 Å². The Morgan fingerprint density at radius 1 is 1.47 bits per heavy atom. The summed E-state index contributed by atoms with van der Waals surface area (Å²) < 4.78 is 0. The number of hydrogen-bond donors (Lipinski definition) is 2. The highest BCUT2D eigenvalue weighted by Gasteiger charge is 2.09. The van der Waals surface area contributed by atoms with E-state index in [0.717, 1.165) is 5.56 Å². The predicted octanol–water partition coefficient (Wildman–Crippen LogP) is 2.16. The number of rotatable bonds is 4. The number of benzene rings is 1. The third-order valence-corrected chi connectivity index (χ3v) is 2.91. The highest BCUT2D eigenvalue weighted by atomic mass is 16.1. The number of carbonyl (C=O) groups is 1. The number of aromatic amines is 1. The molecule has 0 unspecified atom stereocenters. The average molecular weight is 254 g/mol. The van der Waals surface area contributed by atoms with Crippen molar-refractivity contribution in [1.82, 2.24) is 10.2 Å². The minimum Gasteiger partial charge on any atom is -0.310 e. The Bertz CT molecular complexity index is 624. The highest BCUT2D eigenvalue weighted by molar-refractivity contribution is 5.91. The van der Waals surface area contributed by atoms with Gasteiger partial charge in [-0.15, -0.1) is 0 Å². The van der Waals surface area contributed by atoms with Crippen LogP contribution in [0.3, 0.4) is 0 Å². The first-order valence-electron chi connectivity index (χ1n) is 5.98. The number of nitrogens with one attached hydrogen (secondary N) is 2. The molecular weight excluding hydrogens is 240 g/mol. The lowest BCUT2D eigenvalue weighted by Gasteiger charge is -2.05. The van der Waals surface area contributed by atoms with Gasteiger partial charge in [0.2, 0.25) is 5.91 Å². The standard InChI is InChI=1S/C14H14N4O/c1-10-4-2-3-5-11(10)6-7-13(19)17-14-12(8-15)9-16-18-14/h2-5,9H,6-7H2,1H3,(H2,16,17,18,19). The van der Waals surface area contributed by atoms with E-state index in [2.05, 4.69) is 15.5 Å². The maximum atomic E-state index is 11.8. The Morgan fingerprint density at radius 3 is 3.00 bits per heavy atom. The Hall–Kier alpha value is -2.61. The lowest BCUT2D eigenvalue weighted by molar-refractivity contribution is -0.116. The Labute approximate surface area is 111 Å². The number of nitriles is 1. The number of hydrogen-bond acceptors (Lipinski definition) is 3. The molecule has 0 bridgehead atoms. The molecule has 0 radical (unpaired) electrons. The number of nitrogens with zero attached hydrogens (tertiary/aromatic N) is 2. The Balaban J connectivity index is 1.93.